The lowest BCUT2D eigenvalue weighted by atomic mass is 9.79. The fraction of sp³-hybridized carbons (Fsp3) is 0.571. The standard InChI is InChI=1S/C14H21NO/c1-10(15)9-14(2,3)12-4-5-13-11(8-12)6-7-16-13/h4-5,8,10H,6-7,9,15H2,1-3H3. The fourth-order valence-electron chi connectivity index (χ4n) is 2.53. The lowest BCUT2D eigenvalue weighted by Gasteiger charge is -2.27. The Balaban J connectivity index is 2.26. The van der Waals surface area contributed by atoms with Crippen molar-refractivity contribution in [3.8, 4) is 5.75 Å². The molecule has 1 atom stereocenters. The van der Waals surface area contributed by atoms with Gasteiger partial charge in [-0.25, -0.2) is 0 Å². The van der Waals surface area contributed by atoms with Crippen LogP contribution in [0.3, 0.4) is 0 Å². The highest BCUT2D eigenvalue weighted by Crippen LogP contribution is 2.33. The Labute approximate surface area is 97.8 Å². The predicted molar refractivity (Wildman–Crippen MR) is 66.9 cm³/mol. The average molecular weight is 219 g/mol. The van der Waals surface area contributed by atoms with E-state index in [1.165, 1.54) is 11.1 Å². The van der Waals surface area contributed by atoms with Gasteiger partial charge in [0, 0.05) is 12.5 Å². The Hall–Kier alpha value is -1.02. The van der Waals surface area contributed by atoms with Gasteiger partial charge in [0.05, 0.1) is 6.61 Å². The summed E-state index contributed by atoms with van der Waals surface area (Å²) in [6.45, 7) is 7.41. The van der Waals surface area contributed by atoms with Gasteiger partial charge in [-0.1, -0.05) is 26.0 Å². The van der Waals surface area contributed by atoms with Gasteiger partial charge in [0.25, 0.3) is 0 Å². The molecule has 1 aliphatic rings. The van der Waals surface area contributed by atoms with Crippen molar-refractivity contribution in [2.24, 2.45) is 5.73 Å². The quantitative estimate of drug-likeness (QED) is 0.848. The van der Waals surface area contributed by atoms with Crippen molar-refractivity contribution in [3.05, 3.63) is 29.3 Å². The van der Waals surface area contributed by atoms with Crippen molar-refractivity contribution in [1.82, 2.24) is 0 Å². The van der Waals surface area contributed by atoms with Gasteiger partial charge in [-0.15, -0.1) is 0 Å². The Morgan fingerprint density at radius 1 is 1.44 bits per heavy atom. The maximum absolute atomic E-state index is 5.90. The average Bonchev–Trinajstić information content (AvgIpc) is 2.61. The molecule has 1 aliphatic heterocycles. The molecular weight excluding hydrogens is 198 g/mol. The third-order valence-electron chi connectivity index (χ3n) is 3.30. The number of fused-ring (bicyclic) bond motifs is 1. The second-order valence-electron chi connectivity index (χ2n) is 5.49. The van der Waals surface area contributed by atoms with Crippen LogP contribution in [0.1, 0.15) is 38.3 Å². The van der Waals surface area contributed by atoms with E-state index in [2.05, 4.69) is 39.0 Å². The Morgan fingerprint density at radius 3 is 2.88 bits per heavy atom. The first-order valence-electron chi connectivity index (χ1n) is 6.01. The summed E-state index contributed by atoms with van der Waals surface area (Å²) in [5.74, 6) is 1.06. The topological polar surface area (TPSA) is 35.2 Å². The minimum absolute atomic E-state index is 0.145. The number of benzene rings is 1. The SMILES string of the molecule is CC(N)CC(C)(C)c1ccc2c(c1)CCO2. The van der Waals surface area contributed by atoms with Crippen molar-refractivity contribution < 1.29 is 4.74 Å². The molecule has 2 rings (SSSR count). The number of hydrogen-bond donors (Lipinski definition) is 1. The van der Waals surface area contributed by atoms with E-state index in [1.54, 1.807) is 0 Å². The van der Waals surface area contributed by atoms with E-state index >= 15 is 0 Å². The first-order valence-corrected chi connectivity index (χ1v) is 6.01. The van der Waals surface area contributed by atoms with E-state index in [4.69, 9.17) is 10.5 Å². The van der Waals surface area contributed by atoms with Gasteiger partial charge in [-0.2, -0.15) is 0 Å². The number of nitrogens with two attached hydrogens (primary N) is 1. The van der Waals surface area contributed by atoms with E-state index in [9.17, 15) is 0 Å². The highest BCUT2D eigenvalue weighted by molar-refractivity contribution is 5.42. The van der Waals surface area contributed by atoms with Gasteiger partial charge in [0.2, 0.25) is 0 Å². The summed E-state index contributed by atoms with van der Waals surface area (Å²) in [7, 11) is 0. The van der Waals surface area contributed by atoms with Crippen LogP contribution < -0.4 is 10.5 Å². The summed E-state index contributed by atoms with van der Waals surface area (Å²) < 4.78 is 5.52. The van der Waals surface area contributed by atoms with Gasteiger partial charge in [-0.05, 0) is 36.0 Å². The van der Waals surface area contributed by atoms with Crippen LogP contribution in [0.5, 0.6) is 5.75 Å². The zero-order valence-corrected chi connectivity index (χ0v) is 10.4. The fourth-order valence-corrected chi connectivity index (χ4v) is 2.53. The van der Waals surface area contributed by atoms with Crippen molar-refractivity contribution in [2.75, 3.05) is 6.61 Å². The van der Waals surface area contributed by atoms with E-state index in [-0.39, 0.29) is 11.5 Å². The lowest BCUT2D eigenvalue weighted by Crippen LogP contribution is -2.28. The molecule has 1 heterocycles. The molecule has 1 unspecified atom stereocenters. The van der Waals surface area contributed by atoms with Crippen LogP contribution in [0.15, 0.2) is 18.2 Å². The zero-order valence-electron chi connectivity index (χ0n) is 10.4. The van der Waals surface area contributed by atoms with Crippen molar-refractivity contribution in [2.45, 2.75) is 45.1 Å². The summed E-state index contributed by atoms with van der Waals surface area (Å²) in [6, 6.07) is 6.79. The molecule has 1 aromatic rings. The monoisotopic (exact) mass is 219 g/mol. The third kappa shape index (κ3) is 2.22. The van der Waals surface area contributed by atoms with Crippen LogP contribution in [-0.4, -0.2) is 12.6 Å². The van der Waals surface area contributed by atoms with E-state index in [0.29, 0.717) is 0 Å². The summed E-state index contributed by atoms with van der Waals surface area (Å²) >= 11 is 0. The second-order valence-corrected chi connectivity index (χ2v) is 5.49. The molecule has 2 heteroatoms. The molecule has 0 aromatic heterocycles. The van der Waals surface area contributed by atoms with Gasteiger partial charge < -0.3 is 10.5 Å². The molecule has 0 saturated heterocycles. The van der Waals surface area contributed by atoms with Crippen molar-refractivity contribution in [1.29, 1.82) is 0 Å². The van der Waals surface area contributed by atoms with Crippen LogP contribution >= 0.6 is 0 Å². The Bertz CT molecular complexity index is 382. The maximum atomic E-state index is 5.90. The molecule has 0 bridgehead atoms. The molecular formula is C14H21NO. The first-order chi connectivity index (χ1) is 7.49. The highest BCUT2D eigenvalue weighted by atomic mass is 16.5. The summed E-state index contributed by atoms with van der Waals surface area (Å²) in [6.07, 6.45) is 2.05. The molecule has 0 aliphatic carbocycles. The normalized spacial score (nSPS) is 16.8. The number of rotatable bonds is 3. The Morgan fingerprint density at radius 2 is 2.19 bits per heavy atom. The maximum Gasteiger partial charge on any atom is 0.122 e. The largest absolute Gasteiger partial charge is 0.493 e. The van der Waals surface area contributed by atoms with Crippen molar-refractivity contribution in [3.63, 3.8) is 0 Å². The predicted octanol–water partition coefficient (Wildman–Crippen LogP) is 2.64. The van der Waals surface area contributed by atoms with Gasteiger partial charge >= 0.3 is 0 Å². The molecule has 0 amide bonds. The molecule has 16 heavy (non-hydrogen) atoms. The highest BCUT2D eigenvalue weighted by Gasteiger charge is 2.24. The number of ether oxygens (including phenoxy) is 1. The summed E-state index contributed by atoms with van der Waals surface area (Å²) in [5.41, 5.74) is 8.76. The third-order valence-corrected chi connectivity index (χ3v) is 3.30. The minimum Gasteiger partial charge on any atom is -0.493 e. The molecule has 2 N–H and O–H groups in total. The Kier molecular flexibility index (Phi) is 2.94. The molecule has 0 fully saturated rings. The van der Waals surface area contributed by atoms with Crippen LogP contribution in [0.4, 0.5) is 0 Å². The van der Waals surface area contributed by atoms with Gasteiger partial charge in [-0.3, -0.25) is 0 Å². The molecule has 0 spiro atoms. The summed E-state index contributed by atoms with van der Waals surface area (Å²) in [5, 5.41) is 0. The second kappa shape index (κ2) is 4.10. The van der Waals surface area contributed by atoms with Crippen LogP contribution in [0.25, 0.3) is 0 Å². The van der Waals surface area contributed by atoms with Crippen LogP contribution in [-0.2, 0) is 11.8 Å². The van der Waals surface area contributed by atoms with Crippen LogP contribution in [0, 0.1) is 0 Å². The molecule has 2 nitrogen and oxygen atoms in total. The van der Waals surface area contributed by atoms with E-state index in [1.807, 2.05) is 0 Å². The molecule has 1 aromatic carbocycles. The van der Waals surface area contributed by atoms with Crippen LogP contribution in [0.2, 0.25) is 0 Å². The van der Waals surface area contributed by atoms with Gasteiger partial charge in [0.1, 0.15) is 5.75 Å². The lowest BCUT2D eigenvalue weighted by molar-refractivity contribution is 0.356. The molecule has 0 saturated carbocycles. The van der Waals surface area contributed by atoms with E-state index < -0.39 is 0 Å². The smallest absolute Gasteiger partial charge is 0.122 e. The first kappa shape index (κ1) is 11.5. The van der Waals surface area contributed by atoms with E-state index in [0.717, 1.165) is 25.2 Å². The number of hydrogen-bond acceptors (Lipinski definition) is 2. The zero-order chi connectivity index (χ0) is 11.8. The van der Waals surface area contributed by atoms with Gasteiger partial charge in [0.15, 0.2) is 0 Å². The van der Waals surface area contributed by atoms with Crippen molar-refractivity contribution >= 4 is 0 Å². The summed E-state index contributed by atoms with van der Waals surface area (Å²) in [4.78, 5) is 0. The minimum atomic E-state index is 0.145. The molecule has 88 valence electrons. The molecule has 0 radical (unpaired) electrons.